The van der Waals surface area contributed by atoms with Crippen molar-refractivity contribution < 1.29 is 0 Å². The van der Waals surface area contributed by atoms with Crippen LogP contribution < -0.4 is 5.32 Å². The minimum absolute atomic E-state index is 0.144. The molecule has 1 unspecified atom stereocenters. The van der Waals surface area contributed by atoms with Crippen LogP contribution in [0.1, 0.15) is 44.0 Å². The van der Waals surface area contributed by atoms with Crippen LogP contribution in [-0.2, 0) is 6.54 Å². The van der Waals surface area contributed by atoms with Crippen LogP contribution in [0, 0.1) is 0 Å². The van der Waals surface area contributed by atoms with E-state index in [1.54, 1.807) is 0 Å². The Morgan fingerprint density at radius 3 is 2.71 bits per heavy atom. The number of hydrogen-bond acceptors (Lipinski definition) is 2. The summed E-state index contributed by atoms with van der Waals surface area (Å²) in [6, 6.07) is 8.55. The van der Waals surface area contributed by atoms with Crippen LogP contribution in [0.3, 0.4) is 0 Å². The lowest BCUT2D eigenvalue weighted by Gasteiger charge is -2.22. The predicted molar refractivity (Wildman–Crippen MR) is 94.5 cm³/mol. The van der Waals surface area contributed by atoms with E-state index < -0.39 is 0 Å². The highest BCUT2D eigenvalue weighted by molar-refractivity contribution is 9.11. The molecule has 1 aromatic heterocycles. The molecule has 5 heteroatoms. The van der Waals surface area contributed by atoms with E-state index in [0.29, 0.717) is 0 Å². The zero-order valence-corrected chi connectivity index (χ0v) is 15.6. The molecule has 0 aliphatic carbocycles. The molecule has 0 fully saturated rings. The van der Waals surface area contributed by atoms with Gasteiger partial charge >= 0.3 is 0 Å². The minimum atomic E-state index is 0.144. The fraction of sp³-hybridized carbons (Fsp3) is 0.438. The molecule has 0 saturated heterocycles. The van der Waals surface area contributed by atoms with E-state index in [2.05, 4.69) is 79.0 Å². The number of nitrogens with zero attached hydrogens (tertiary/aromatic N) is 2. The van der Waals surface area contributed by atoms with Crippen LogP contribution in [0.25, 0.3) is 0 Å². The van der Waals surface area contributed by atoms with E-state index in [1.807, 2.05) is 12.3 Å². The first kappa shape index (κ1) is 16.7. The lowest BCUT2D eigenvalue weighted by atomic mass is 10.0. The molecule has 2 rings (SSSR count). The molecule has 0 bridgehead atoms. The number of rotatable bonds is 7. The molecule has 0 radical (unpaired) electrons. The third-order valence-corrected chi connectivity index (χ3v) is 4.56. The Morgan fingerprint density at radius 2 is 2.00 bits per heavy atom. The SMILES string of the molecule is CCCNC(c1cc(Br)ccc1Br)c1ccnn1CCC. The number of benzene rings is 1. The van der Waals surface area contributed by atoms with Crippen LogP contribution in [0.5, 0.6) is 0 Å². The highest BCUT2D eigenvalue weighted by Crippen LogP contribution is 2.31. The number of nitrogens with one attached hydrogen (secondary N) is 1. The first-order valence-electron chi connectivity index (χ1n) is 7.37. The van der Waals surface area contributed by atoms with Crippen molar-refractivity contribution >= 4 is 31.9 Å². The Kier molecular flexibility index (Phi) is 6.45. The number of aryl methyl sites for hydroxylation is 1. The van der Waals surface area contributed by atoms with E-state index in [1.165, 1.54) is 11.3 Å². The van der Waals surface area contributed by atoms with Crippen LogP contribution >= 0.6 is 31.9 Å². The van der Waals surface area contributed by atoms with Crippen molar-refractivity contribution in [3.63, 3.8) is 0 Å². The standard InChI is InChI=1S/C16H21Br2N3/c1-3-8-19-16(13-11-12(17)5-6-14(13)18)15-7-9-20-21(15)10-4-2/h5-7,9,11,16,19H,3-4,8,10H2,1-2H3. The van der Waals surface area contributed by atoms with Gasteiger partial charge in [0, 0.05) is 21.7 Å². The molecule has 2 aromatic rings. The zero-order chi connectivity index (χ0) is 15.2. The lowest BCUT2D eigenvalue weighted by molar-refractivity contribution is 0.510. The Bertz CT molecular complexity index is 581. The lowest BCUT2D eigenvalue weighted by Crippen LogP contribution is -2.26. The topological polar surface area (TPSA) is 29.9 Å². The van der Waals surface area contributed by atoms with Gasteiger partial charge in [0.15, 0.2) is 0 Å². The molecule has 1 N–H and O–H groups in total. The fourth-order valence-electron chi connectivity index (χ4n) is 2.39. The van der Waals surface area contributed by atoms with Crippen molar-refractivity contribution in [3.8, 4) is 0 Å². The summed E-state index contributed by atoms with van der Waals surface area (Å²) in [6.45, 7) is 6.28. The molecule has 0 saturated carbocycles. The quantitative estimate of drug-likeness (QED) is 0.697. The Balaban J connectivity index is 2.42. The maximum atomic E-state index is 4.46. The molecule has 21 heavy (non-hydrogen) atoms. The summed E-state index contributed by atoms with van der Waals surface area (Å²) in [5.74, 6) is 0. The third kappa shape index (κ3) is 4.18. The van der Waals surface area contributed by atoms with Gasteiger partial charge in [-0.25, -0.2) is 0 Å². The van der Waals surface area contributed by atoms with Crippen molar-refractivity contribution in [2.75, 3.05) is 6.54 Å². The largest absolute Gasteiger partial charge is 0.305 e. The second kappa shape index (κ2) is 8.11. The van der Waals surface area contributed by atoms with Crippen molar-refractivity contribution in [2.24, 2.45) is 0 Å². The smallest absolute Gasteiger partial charge is 0.0759 e. The molecule has 114 valence electrons. The summed E-state index contributed by atoms with van der Waals surface area (Å²) in [5, 5.41) is 8.11. The van der Waals surface area contributed by atoms with E-state index in [4.69, 9.17) is 0 Å². The van der Waals surface area contributed by atoms with E-state index in [9.17, 15) is 0 Å². The van der Waals surface area contributed by atoms with Gasteiger partial charge < -0.3 is 5.32 Å². The molecular formula is C16H21Br2N3. The molecule has 1 heterocycles. The third-order valence-electron chi connectivity index (χ3n) is 3.35. The van der Waals surface area contributed by atoms with E-state index in [0.717, 1.165) is 34.9 Å². The van der Waals surface area contributed by atoms with Crippen molar-refractivity contribution in [1.29, 1.82) is 0 Å². The van der Waals surface area contributed by atoms with Gasteiger partial charge in [-0.1, -0.05) is 45.7 Å². The van der Waals surface area contributed by atoms with Gasteiger partial charge in [-0.3, -0.25) is 4.68 Å². The van der Waals surface area contributed by atoms with Gasteiger partial charge in [0.2, 0.25) is 0 Å². The van der Waals surface area contributed by atoms with Crippen molar-refractivity contribution in [2.45, 2.75) is 39.3 Å². The first-order chi connectivity index (χ1) is 10.2. The molecule has 0 amide bonds. The van der Waals surface area contributed by atoms with Crippen LogP contribution in [0.2, 0.25) is 0 Å². The summed E-state index contributed by atoms with van der Waals surface area (Å²) in [7, 11) is 0. The Hall–Kier alpha value is -0.650. The monoisotopic (exact) mass is 413 g/mol. The Labute approximate surface area is 143 Å². The van der Waals surface area contributed by atoms with Gasteiger partial charge in [0.05, 0.1) is 11.7 Å². The molecule has 3 nitrogen and oxygen atoms in total. The number of halogens is 2. The second-order valence-electron chi connectivity index (χ2n) is 5.03. The number of hydrogen-bond donors (Lipinski definition) is 1. The summed E-state index contributed by atoms with van der Waals surface area (Å²) < 4.78 is 4.30. The normalized spacial score (nSPS) is 12.6. The second-order valence-corrected chi connectivity index (χ2v) is 6.80. The van der Waals surface area contributed by atoms with Crippen LogP contribution in [0.15, 0.2) is 39.4 Å². The van der Waals surface area contributed by atoms with Crippen LogP contribution in [-0.4, -0.2) is 16.3 Å². The predicted octanol–water partition coefficient (Wildman–Crippen LogP) is 4.91. The van der Waals surface area contributed by atoms with Crippen molar-refractivity contribution in [1.82, 2.24) is 15.1 Å². The van der Waals surface area contributed by atoms with Crippen molar-refractivity contribution in [3.05, 3.63) is 50.7 Å². The Morgan fingerprint density at radius 1 is 1.19 bits per heavy atom. The van der Waals surface area contributed by atoms with Crippen LogP contribution in [0.4, 0.5) is 0 Å². The molecular weight excluding hydrogens is 394 g/mol. The first-order valence-corrected chi connectivity index (χ1v) is 8.96. The van der Waals surface area contributed by atoms with Gasteiger partial charge in [-0.15, -0.1) is 0 Å². The minimum Gasteiger partial charge on any atom is -0.305 e. The summed E-state index contributed by atoms with van der Waals surface area (Å²) in [5.41, 5.74) is 2.44. The van der Waals surface area contributed by atoms with Gasteiger partial charge in [0.25, 0.3) is 0 Å². The van der Waals surface area contributed by atoms with E-state index in [-0.39, 0.29) is 6.04 Å². The summed E-state index contributed by atoms with van der Waals surface area (Å²) in [4.78, 5) is 0. The average Bonchev–Trinajstić information content (AvgIpc) is 2.92. The fourth-order valence-corrected chi connectivity index (χ4v) is 3.24. The molecule has 0 spiro atoms. The summed E-state index contributed by atoms with van der Waals surface area (Å²) >= 11 is 7.26. The zero-order valence-electron chi connectivity index (χ0n) is 12.4. The maximum Gasteiger partial charge on any atom is 0.0759 e. The highest BCUT2D eigenvalue weighted by atomic mass is 79.9. The maximum absolute atomic E-state index is 4.46. The molecule has 0 aliphatic heterocycles. The van der Waals surface area contributed by atoms with Gasteiger partial charge in [-0.05, 0) is 49.2 Å². The molecule has 1 aromatic carbocycles. The van der Waals surface area contributed by atoms with Gasteiger partial charge in [-0.2, -0.15) is 5.10 Å². The summed E-state index contributed by atoms with van der Waals surface area (Å²) in [6.07, 6.45) is 4.07. The molecule has 1 atom stereocenters. The van der Waals surface area contributed by atoms with E-state index >= 15 is 0 Å². The molecule has 0 aliphatic rings. The highest BCUT2D eigenvalue weighted by Gasteiger charge is 2.20. The number of aromatic nitrogens is 2. The van der Waals surface area contributed by atoms with Gasteiger partial charge in [0.1, 0.15) is 0 Å². The average molecular weight is 415 g/mol.